The lowest BCUT2D eigenvalue weighted by Gasteiger charge is -2.14. The van der Waals surface area contributed by atoms with Gasteiger partial charge in [0.25, 0.3) is 5.84 Å². The normalized spacial score (nSPS) is 11.1. The van der Waals surface area contributed by atoms with Crippen LogP contribution in [0.4, 0.5) is 11.4 Å². The summed E-state index contributed by atoms with van der Waals surface area (Å²) in [6, 6.07) is 29.3. The van der Waals surface area contributed by atoms with Crippen molar-refractivity contribution in [2.24, 2.45) is 10.8 Å². The van der Waals surface area contributed by atoms with Gasteiger partial charge < -0.3 is 5.73 Å². The van der Waals surface area contributed by atoms with Crippen molar-refractivity contribution in [2.45, 2.75) is 0 Å². The topological polar surface area (TPSA) is 44.6 Å². The summed E-state index contributed by atoms with van der Waals surface area (Å²) in [6.07, 6.45) is 0. The molecule has 3 rings (SSSR count). The number of hydrogen-bond acceptors (Lipinski definition) is 2. The molecule has 2 N–H and O–H groups in total. The second kappa shape index (κ2) is 7.24. The Balaban J connectivity index is 2.02. The molecule has 24 heavy (non-hydrogen) atoms. The van der Waals surface area contributed by atoms with Crippen LogP contribution in [0.5, 0.6) is 0 Å². The SMILES string of the molecule is C=[N+](c1ccccc1)N(/N=C(\N)c1ccccc1)c1ccccc1. The van der Waals surface area contributed by atoms with Gasteiger partial charge in [-0.2, -0.15) is 0 Å². The molecular formula is C20H19N4+. The minimum atomic E-state index is 0.420. The zero-order valence-electron chi connectivity index (χ0n) is 13.3. The first-order chi connectivity index (χ1) is 11.8. The van der Waals surface area contributed by atoms with Gasteiger partial charge in [0.2, 0.25) is 0 Å². The van der Waals surface area contributed by atoms with Crippen LogP contribution in [0.1, 0.15) is 5.56 Å². The van der Waals surface area contributed by atoms with E-state index in [0.29, 0.717) is 5.84 Å². The number of hydrazine groups is 1. The molecule has 3 aromatic carbocycles. The maximum atomic E-state index is 6.20. The van der Waals surface area contributed by atoms with E-state index < -0.39 is 0 Å². The lowest BCUT2D eigenvalue weighted by Crippen LogP contribution is -2.30. The van der Waals surface area contributed by atoms with Crippen LogP contribution in [0, 0.1) is 0 Å². The molecule has 0 fully saturated rings. The second-order valence-electron chi connectivity index (χ2n) is 5.21. The van der Waals surface area contributed by atoms with Crippen LogP contribution in [0.25, 0.3) is 0 Å². The summed E-state index contributed by atoms with van der Waals surface area (Å²) in [5.74, 6) is 0.420. The Morgan fingerprint density at radius 1 is 0.792 bits per heavy atom. The Bertz CT molecular complexity index is 827. The van der Waals surface area contributed by atoms with Crippen LogP contribution in [0.15, 0.2) is 96.1 Å². The molecule has 0 aliphatic carbocycles. The van der Waals surface area contributed by atoms with Crippen molar-refractivity contribution in [3.05, 3.63) is 96.6 Å². The molecule has 0 aliphatic rings. The van der Waals surface area contributed by atoms with E-state index in [-0.39, 0.29) is 0 Å². The molecule has 118 valence electrons. The summed E-state index contributed by atoms with van der Waals surface area (Å²) in [5.41, 5.74) is 8.84. The Morgan fingerprint density at radius 3 is 1.88 bits per heavy atom. The summed E-state index contributed by atoms with van der Waals surface area (Å²) in [7, 11) is 0. The molecule has 0 bridgehead atoms. The minimum absolute atomic E-state index is 0.420. The number of hydrazone groups is 2. The van der Waals surface area contributed by atoms with Gasteiger partial charge in [0, 0.05) is 5.56 Å². The Labute approximate surface area is 141 Å². The predicted octanol–water partition coefficient (Wildman–Crippen LogP) is 3.77. The summed E-state index contributed by atoms with van der Waals surface area (Å²) in [5, 5.41) is 6.28. The molecule has 0 radical (unpaired) electrons. The number of para-hydroxylation sites is 2. The molecule has 0 aromatic heterocycles. The van der Waals surface area contributed by atoms with Gasteiger partial charge >= 0.3 is 0 Å². The van der Waals surface area contributed by atoms with Crippen LogP contribution < -0.4 is 10.9 Å². The van der Waals surface area contributed by atoms with E-state index in [1.807, 2.05) is 91.0 Å². The van der Waals surface area contributed by atoms with Crippen LogP contribution in [0.3, 0.4) is 0 Å². The highest BCUT2D eigenvalue weighted by molar-refractivity contribution is 5.97. The molecule has 3 aromatic rings. The largest absolute Gasteiger partial charge is 0.360 e. The molecular weight excluding hydrogens is 296 g/mol. The number of amidine groups is 1. The van der Waals surface area contributed by atoms with E-state index in [1.54, 1.807) is 9.80 Å². The Kier molecular flexibility index (Phi) is 4.68. The lowest BCUT2D eigenvalue weighted by atomic mass is 10.2. The maximum Gasteiger partial charge on any atom is 0.271 e. The van der Waals surface area contributed by atoms with Gasteiger partial charge in [-0.05, 0) is 41.5 Å². The molecule has 0 unspecified atom stereocenters. The quantitative estimate of drug-likeness (QED) is 0.337. The summed E-state index contributed by atoms with van der Waals surface area (Å²) in [4.78, 5) is 0. The fraction of sp³-hybridized carbons (Fsp3) is 0. The van der Waals surface area contributed by atoms with Crippen LogP contribution >= 0.6 is 0 Å². The molecule has 4 nitrogen and oxygen atoms in total. The third kappa shape index (κ3) is 3.50. The number of nitrogens with zero attached hydrogens (tertiary/aromatic N) is 3. The van der Waals surface area contributed by atoms with Crippen molar-refractivity contribution in [1.82, 2.24) is 0 Å². The third-order valence-corrected chi connectivity index (χ3v) is 3.54. The molecule has 0 heterocycles. The number of nitrogens with two attached hydrogens (primary N) is 1. The lowest BCUT2D eigenvalue weighted by molar-refractivity contribution is -0.447. The number of benzene rings is 3. The van der Waals surface area contributed by atoms with E-state index in [9.17, 15) is 0 Å². The maximum absolute atomic E-state index is 6.20. The molecule has 4 heteroatoms. The fourth-order valence-corrected chi connectivity index (χ4v) is 2.29. The molecule has 0 amide bonds. The molecule has 0 atom stereocenters. The molecule has 0 spiro atoms. The van der Waals surface area contributed by atoms with Gasteiger partial charge in [0.1, 0.15) is 5.69 Å². The predicted molar refractivity (Wildman–Crippen MR) is 99.6 cm³/mol. The summed E-state index contributed by atoms with van der Waals surface area (Å²) < 4.78 is 1.71. The third-order valence-electron chi connectivity index (χ3n) is 3.54. The highest BCUT2D eigenvalue weighted by atomic mass is 15.7. The van der Waals surface area contributed by atoms with Gasteiger partial charge in [0.15, 0.2) is 5.69 Å². The van der Waals surface area contributed by atoms with Gasteiger partial charge in [-0.3, -0.25) is 0 Å². The van der Waals surface area contributed by atoms with Gasteiger partial charge in [-0.25, -0.2) is 0 Å². The van der Waals surface area contributed by atoms with Crippen molar-refractivity contribution in [3.8, 4) is 0 Å². The number of hydrogen-bond donors (Lipinski definition) is 1. The minimum Gasteiger partial charge on any atom is -0.360 e. The van der Waals surface area contributed by atoms with E-state index >= 15 is 0 Å². The van der Waals surface area contributed by atoms with Gasteiger partial charge in [-0.15, -0.1) is 4.68 Å². The molecule has 0 saturated heterocycles. The zero-order chi connectivity index (χ0) is 16.8. The Hall–Kier alpha value is -3.40. The smallest absolute Gasteiger partial charge is 0.271 e. The van der Waals surface area contributed by atoms with Crippen molar-refractivity contribution in [3.63, 3.8) is 0 Å². The first kappa shape index (κ1) is 15.5. The van der Waals surface area contributed by atoms with Gasteiger partial charge in [0.05, 0.1) is 11.8 Å². The Morgan fingerprint density at radius 2 is 1.29 bits per heavy atom. The highest BCUT2D eigenvalue weighted by Gasteiger charge is 2.20. The van der Waals surface area contributed by atoms with E-state index in [1.165, 1.54) is 0 Å². The van der Waals surface area contributed by atoms with Crippen LogP contribution in [-0.2, 0) is 0 Å². The fourth-order valence-electron chi connectivity index (χ4n) is 2.29. The first-order valence-electron chi connectivity index (χ1n) is 7.66. The average molecular weight is 315 g/mol. The number of rotatable bonds is 5. The van der Waals surface area contributed by atoms with Gasteiger partial charge in [-0.1, -0.05) is 54.6 Å². The van der Waals surface area contributed by atoms with E-state index in [0.717, 1.165) is 16.9 Å². The van der Waals surface area contributed by atoms with Crippen molar-refractivity contribution in [1.29, 1.82) is 0 Å². The molecule has 0 aliphatic heterocycles. The summed E-state index contributed by atoms with van der Waals surface area (Å²) >= 11 is 0. The highest BCUT2D eigenvalue weighted by Crippen LogP contribution is 2.20. The monoisotopic (exact) mass is 315 g/mol. The van der Waals surface area contributed by atoms with Crippen LogP contribution in [-0.4, -0.2) is 17.2 Å². The van der Waals surface area contributed by atoms with Crippen molar-refractivity contribution < 1.29 is 4.68 Å². The van der Waals surface area contributed by atoms with Crippen LogP contribution in [0.2, 0.25) is 0 Å². The average Bonchev–Trinajstić information content (AvgIpc) is 2.67. The standard InChI is InChI=1S/C20H19N4/c1-23(18-13-7-3-8-14-18)24(19-15-9-4-10-16-19)22-20(21)17-11-5-2-6-12-17/h2-16H,1H2,(H2,21,22)/q+1. The van der Waals surface area contributed by atoms with Crippen molar-refractivity contribution in [2.75, 3.05) is 5.12 Å². The van der Waals surface area contributed by atoms with E-state index in [4.69, 9.17) is 5.73 Å². The first-order valence-corrected chi connectivity index (χ1v) is 7.66. The zero-order valence-corrected chi connectivity index (χ0v) is 13.3. The summed E-state index contributed by atoms with van der Waals surface area (Å²) in [6.45, 7) is 4.13. The second-order valence-corrected chi connectivity index (χ2v) is 5.21. The number of anilines is 1. The molecule has 0 saturated carbocycles. The van der Waals surface area contributed by atoms with Crippen molar-refractivity contribution >= 4 is 23.9 Å². The van der Waals surface area contributed by atoms with E-state index in [2.05, 4.69) is 11.8 Å².